The molecule has 12 heavy (non-hydrogen) atoms. The smallest absolute Gasteiger partial charge is 0.0114 e. The molecule has 0 aliphatic heterocycles. The fourth-order valence-corrected chi connectivity index (χ4v) is 4.13. The lowest BCUT2D eigenvalue weighted by Crippen LogP contribution is -1.91. The van der Waals surface area contributed by atoms with E-state index in [0.717, 1.165) is 11.8 Å². The van der Waals surface area contributed by atoms with Gasteiger partial charge in [0.1, 0.15) is 0 Å². The standard InChI is InChI=1S/C11H14S/c1-2-9-6-10-7-3-4-8(5-7)11(10)12-9/h6-8H,2-5H2,1H3/t7-,8+/m0/s1. The van der Waals surface area contributed by atoms with Gasteiger partial charge in [0.2, 0.25) is 0 Å². The van der Waals surface area contributed by atoms with E-state index in [2.05, 4.69) is 24.3 Å². The Labute approximate surface area is 77.6 Å². The van der Waals surface area contributed by atoms with E-state index in [1.165, 1.54) is 25.7 Å². The first-order chi connectivity index (χ1) is 5.88. The van der Waals surface area contributed by atoms with Crippen molar-refractivity contribution in [3.8, 4) is 0 Å². The monoisotopic (exact) mass is 178 g/mol. The highest BCUT2D eigenvalue weighted by molar-refractivity contribution is 7.12. The zero-order valence-electron chi connectivity index (χ0n) is 7.47. The third-order valence-corrected chi connectivity index (χ3v) is 4.89. The third-order valence-electron chi connectivity index (χ3n) is 3.43. The van der Waals surface area contributed by atoms with Crippen LogP contribution in [0, 0.1) is 0 Å². The molecule has 2 aliphatic carbocycles. The number of fused-ring (bicyclic) bond motifs is 5. The number of rotatable bonds is 1. The van der Waals surface area contributed by atoms with Crippen LogP contribution in [0.1, 0.15) is 53.3 Å². The Bertz CT molecular complexity index is 283. The van der Waals surface area contributed by atoms with Crippen molar-refractivity contribution in [2.45, 2.75) is 44.4 Å². The second-order valence-electron chi connectivity index (χ2n) is 4.09. The topological polar surface area (TPSA) is 0 Å². The van der Waals surface area contributed by atoms with Gasteiger partial charge in [0.05, 0.1) is 0 Å². The normalized spacial score (nSPS) is 31.1. The van der Waals surface area contributed by atoms with Crippen LogP contribution < -0.4 is 0 Å². The Hall–Kier alpha value is -0.300. The Morgan fingerprint density at radius 2 is 2.25 bits per heavy atom. The zero-order chi connectivity index (χ0) is 8.13. The lowest BCUT2D eigenvalue weighted by molar-refractivity contribution is 0.728. The SMILES string of the molecule is CCc1cc2c(s1)[C@@H]1CC[C@H]2C1. The van der Waals surface area contributed by atoms with Gasteiger partial charge >= 0.3 is 0 Å². The molecular weight excluding hydrogens is 164 g/mol. The molecule has 1 heteroatoms. The summed E-state index contributed by atoms with van der Waals surface area (Å²) in [5, 5.41) is 0. The van der Waals surface area contributed by atoms with E-state index in [9.17, 15) is 0 Å². The molecule has 1 fully saturated rings. The summed E-state index contributed by atoms with van der Waals surface area (Å²) < 4.78 is 0. The maximum atomic E-state index is 2.48. The van der Waals surface area contributed by atoms with E-state index in [1.54, 1.807) is 15.3 Å². The largest absolute Gasteiger partial charge is 0.145 e. The first-order valence-corrected chi connectivity index (χ1v) is 5.82. The number of hydrogen-bond acceptors (Lipinski definition) is 1. The van der Waals surface area contributed by atoms with Gasteiger partial charge in [0.15, 0.2) is 0 Å². The van der Waals surface area contributed by atoms with Crippen LogP contribution in [0.2, 0.25) is 0 Å². The molecular formula is C11H14S. The summed E-state index contributed by atoms with van der Waals surface area (Å²) >= 11 is 2.09. The van der Waals surface area contributed by atoms with Crippen LogP contribution in [-0.4, -0.2) is 0 Å². The molecule has 0 spiro atoms. The van der Waals surface area contributed by atoms with Crippen molar-refractivity contribution in [1.82, 2.24) is 0 Å². The van der Waals surface area contributed by atoms with Gasteiger partial charge in [0.25, 0.3) is 0 Å². The van der Waals surface area contributed by atoms with Gasteiger partial charge in [-0.05, 0) is 49.1 Å². The molecule has 1 aromatic heterocycles. The van der Waals surface area contributed by atoms with Crippen LogP contribution in [0.25, 0.3) is 0 Å². The van der Waals surface area contributed by atoms with Crippen LogP contribution in [-0.2, 0) is 6.42 Å². The Kier molecular flexibility index (Phi) is 1.40. The van der Waals surface area contributed by atoms with Crippen molar-refractivity contribution in [1.29, 1.82) is 0 Å². The fourth-order valence-electron chi connectivity index (χ4n) is 2.79. The molecule has 64 valence electrons. The molecule has 1 heterocycles. The van der Waals surface area contributed by atoms with E-state index in [0.29, 0.717) is 0 Å². The van der Waals surface area contributed by atoms with Gasteiger partial charge in [-0.25, -0.2) is 0 Å². The minimum absolute atomic E-state index is 0.960. The summed E-state index contributed by atoms with van der Waals surface area (Å²) in [4.78, 5) is 3.36. The molecule has 0 aromatic carbocycles. The van der Waals surface area contributed by atoms with Gasteiger partial charge in [-0.1, -0.05) is 6.92 Å². The molecule has 0 radical (unpaired) electrons. The average molecular weight is 178 g/mol. The minimum atomic E-state index is 0.960. The summed E-state index contributed by atoms with van der Waals surface area (Å²) in [7, 11) is 0. The van der Waals surface area contributed by atoms with Gasteiger partial charge in [-0.15, -0.1) is 11.3 Å². The molecule has 1 aromatic rings. The lowest BCUT2D eigenvalue weighted by atomic mass is 9.99. The first kappa shape index (κ1) is 7.14. The number of aryl methyl sites for hydroxylation is 1. The van der Waals surface area contributed by atoms with E-state index in [1.807, 2.05) is 0 Å². The average Bonchev–Trinajstić information content (AvgIpc) is 2.75. The molecule has 1 saturated carbocycles. The van der Waals surface area contributed by atoms with E-state index >= 15 is 0 Å². The highest BCUT2D eigenvalue weighted by Gasteiger charge is 2.38. The Morgan fingerprint density at radius 1 is 1.42 bits per heavy atom. The molecule has 0 amide bonds. The van der Waals surface area contributed by atoms with Crippen LogP contribution in [0.15, 0.2) is 6.07 Å². The highest BCUT2D eigenvalue weighted by atomic mass is 32.1. The summed E-state index contributed by atoms with van der Waals surface area (Å²) in [6.07, 6.45) is 5.65. The number of hydrogen-bond donors (Lipinski definition) is 0. The van der Waals surface area contributed by atoms with Crippen LogP contribution in [0.5, 0.6) is 0 Å². The van der Waals surface area contributed by atoms with Gasteiger partial charge in [0, 0.05) is 9.75 Å². The molecule has 0 saturated heterocycles. The summed E-state index contributed by atoms with van der Waals surface area (Å²) in [5.41, 5.74) is 1.73. The third kappa shape index (κ3) is 0.779. The maximum Gasteiger partial charge on any atom is 0.0114 e. The van der Waals surface area contributed by atoms with Crippen LogP contribution >= 0.6 is 11.3 Å². The van der Waals surface area contributed by atoms with Gasteiger partial charge in [-0.2, -0.15) is 0 Å². The second-order valence-corrected chi connectivity index (χ2v) is 5.26. The van der Waals surface area contributed by atoms with Crippen LogP contribution in [0.3, 0.4) is 0 Å². The zero-order valence-corrected chi connectivity index (χ0v) is 8.29. The second kappa shape index (κ2) is 2.35. The molecule has 0 unspecified atom stereocenters. The predicted octanol–water partition coefficient (Wildman–Crippen LogP) is 3.68. The quantitative estimate of drug-likeness (QED) is 0.615. The predicted molar refractivity (Wildman–Crippen MR) is 53.0 cm³/mol. The lowest BCUT2D eigenvalue weighted by Gasteiger charge is -2.07. The molecule has 2 aliphatic rings. The molecule has 2 bridgehead atoms. The van der Waals surface area contributed by atoms with Gasteiger partial charge < -0.3 is 0 Å². The van der Waals surface area contributed by atoms with Crippen molar-refractivity contribution in [3.05, 3.63) is 21.4 Å². The summed E-state index contributed by atoms with van der Waals surface area (Å²) in [6, 6.07) is 2.48. The van der Waals surface area contributed by atoms with Crippen molar-refractivity contribution in [2.75, 3.05) is 0 Å². The van der Waals surface area contributed by atoms with Crippen LogP contribution in [0.4, 0.5) is 0 Å². The van der Waals surface area contributed by atoms with Crippen molar-refractivity contribution < 1.29 is 0 Å². The van der Waals surface area contributed by atoms with Crippen molar-refractivity contribution in [2.24, 2.45) is 0 Å². The van der Waals surface area contributed by atoms with Crippen molar-refractivity contribution in [3.63, 3.8) is 0 Å². The highest BCUT2D eigenvalue weighted by Crippen LogP contribution is 2.55. The van der Waals surface area contributed by atoms with E-state index in [-0.39, 0.29) is 0 Å². The minimum Gasteiger partial charge on any atom is -0.145 e. The summed E-state index contributed by atoms with van der Waals surface area (Å²) in [6.45, 7) is 2.27. The Morgan fingerprint density at radius 3 is 3.00 bits per heavy atom. The summed E-state index contributed by atoms with van der Waals surface area (Å²) in [5.74, 6) is 1.93. The van der Waals surface area contributed by atoms with E-state index < -0.39 is 0 Å². The fraction of sp³-hybridized carbons (Fsp3) is 0.636. The van der Waals surface area contributed by atoms with Gasteiger partial charge in [-0.3, -0.25) is 0 Å². The maximum absolute atomic E-state index is 2.48. The number of thiophene rings is 1. The van der Waals surface area contributed by atoms with Crippen molar-refractivity contribution >= 4 is 11.3 Å². The first-order valence-electron chi connectivity index (χ1n) is 5.01. The molecule has 2 atom stereocenters. The van der Waals surface area contributed by atoms with E-state index in [4.69, 9.17) is 0 Å². The Balaban J connectivity index is 2.10. The molecule has 0 N–H and O–H groups in total. The molecule has 0 nitrogen and oxygen atoms in total. The molecule has 3 rings (SSSR count).